The number of β-amino-alcohol motifs (C(OH)–C–C–N with tert-alkyl or cyclic N) is 1. The number of amides is 1. The van der Waals surface area contributed by atoms with Crippen LogP contribution in [0.1, 0.15) is 48.8 Å². The summed E-state index contributed by atoms with van der Waals surface area (Å²) in [5.74, 6) is 1.09. The number of carboxylic acid groups (broad SMARTS) is 1. The van der Waals surface area contributed by atoms with Gasteiger partial charge in [-0.25, -0.2) is 4.79 Å². The molecule has 2 atom stereocenters. The molecule has 1 aliphatic carbocycles. The lowest BCUT2D eigenvalue weighted by molar-refractivity contribution is -0.0337. The van der Waals surface area contributed by atoms with E-state index in [1.807, 2.05) is 18.2 Å². The molecule has 5 heteroatoms. The van der Waals surface area contributed by atoms with Crippen LogP contribution < -0.4 is 0 Å². The van der Waals surface area contributed by atoms with Crippen LogP contribution in [0.15, 0.2) is 91.0 Å². The maximum absolute atomic E-state index is 11.3. The minimum absolute atomic E-state index is 0.189. The van der Waals surface area contributed by atoms with E-state index in [1.54, 1.807) is 0 Å². The summed E-state index contributed by atoms with van der Waals surface area (Å²) in [5.41, 5.74) is 2.67. The zero-order valence-corrected chi connectivity index (χ0v) is 21.3. The number of carbonyl (C=O) groups is 1. The molecular weight excluding hydrogens is 462 g/mol. The van der Waals surface area contributed by atoms with Crippen molar-refractivity contribution >= 4 is 6.09 Å². The van der Waals surface area contributed by atoms with Gasteiger partial charge in [-0.15, -0.1) is 0 Å². The number of hydrogen-bond acceptors (Lipinski definition) is 3. The van der Waals surface area contributed by atoms with Gasteiger partial charge in [0.15, 0.2) is 0 Å². The molecule has 194 valence electrons. The van der Waals surface area contributed by atoms with Crippen molar-refractivity contribution in [3.63, 3.8) is 0 Å². The van der Waals surface area contributed by atoms with E-state index < -0.39 is 17.8 Å². The molecule has 0 radical (unpaired) electrons. The first-order valence-corrected chi connectivity index (χ1v) is 13.5. The van der Waals surface area contributed by atoms with Crippen LogP contribution in [0.5, 0.6) is 0 Å². The molecule has 2 aliphatic rings. The van der Waals surface area contributed by atoms with Crippen molar-refractivity contribution in [2.24, 2.45) is 17.8 Å². The van der Waals surface area contributed by atoms with Crippen LogP contribution in [-0.4, -0.2) is 47.0 Å². The van der Waals surface area contributed by atoms with Crippen LogP contribution in [0.2, 0.25) is 0 Å². The summed E-state index contributed by atoms with van der Waals surface area (Å²) in [4.78, 5) is 12.6. The number of ether oxygens (including phenoxy) is 1. The molecule has 2 N–H and O–H groups in total. The Morgan fingerprint density at radius 2 is 1.27 bits per heavy atom. The second kappa shape index (κ2) is 11.5. The minimum atomic E-state index is -0.933. The number of nitrogens with zero attached hydrogens (tertiary/aromatic N) is 1. The van der Waals surface area contributed by atoms with Crippen LogP contribution in [0.4, 0.5) is 4.79 Å². The predicted octanol–water partition coefficient (Wildman–Crippen LogP) is 6.16. The standard InChI is InChI=1S/C32H37NO4/c34-30-22-33(31(35)36)21-20-29(30)25-18-16-24(17-19-25)23-37-32(26-10-4-1-5-11-26,27-12-6-2-7-13-27)28-14-8-3-9-15-28/h1-15,24-25,29-30,34H,16-23H2,(H,35,36)/t24?,25?,29-,30+/m1/s1. The first kappa shape index (κ1) is 25.5. The summed E-state index contributed by atoms with van der Waals surface area (Å²) in [5, 5.41) is 19.9. The molecule has 1 saturated heterocycles. The third-order valence-electron chi connectivity index (χ3n) is 8.48. The number of aliphatic hydroxyl groups excluding tert-OH is 1. The summed E-state index contributed by atoms with van der Waals surface area (Å²) in [6.07, 6.45) is 3.48. The summed E-state index contributed by atoms with van der Waals surface area (Å²) < 4.78 is 7.05. The molecule has 37 heavy (non-hydrogen) atoms. The molecule has 0 unspecified atom stereocenters. The lowest BCUT2D eigenvalue weighted by Crippen LogP contribution is -2.48. The number of aliphatic hydroxyl groups is 1. The maximum atomic E-state index is 11.3. The van der Waals surface area contributed by atoms with Crippen molar-refractivity contribution in [1.82, 2.24) is 4.90 Å². The Morgan fingerprint density at radius 1 is 0.784 bits per heavy atom. The Bertz CT molecular complexity index is 1030. The topological polar surface area (TPSA) is 70.0 Å². The van der Waals surface area contributed by atoms with Crippen molar-refractivity contribution in [2.75, 3.05) is 19.7 Å². The van der Waals surface area contributed by atoms with Gasteiger partial charge in [-0.2, -0.15) is 0 Å². The van der Waals surface area contributed by atoms with Gasteiger partial charge in [0.25, 0.3) is 0 Å². The monoisotopic (exact) mass is 499 g/mol. The van der Waals surface area contributed by atoms with Crippen molar-refractivity contribution < 1.29 is 19.7 Å². The fourth-order valence-corrected chi connectivity index (χ4v) is 6.47. The SMILES string of the molecule is O=C(O)N1CC[C@H](C2CCC(COC(c3ccccc3)(c3ccccc3)c3ccccc3)CC2)[C@@H](O)C1. The molecule has 5 nitrogen and oxygen atoms in total. The Balaban J connectivity index is 1.32. The second-order valence-corrected chi connectivity index (χ2v) is 10.6. The van der Waals surface area contributed by atoms with Gasteiger partial charge >= 0.3 is 6.09 Å². The van der Waals surface area contributed by atoms with Crippen LogP contribution in [-0.2, 0) is 10.3 Å². The fraction of sp³-hybridized carbons (Fsp3) is 0.406. The molecule has 1 heterocycles. The Labute approximate surface area is 219 Å². The molecule has 5 rings (SSSR count). The highest BCUT2D eigenvalue weighted by Gasteiger charge is 2.40. The minimum Gasteiger partial charge on any atom is -0.465 e. The molecule has 3 aromatic carbocycles. The third-order valence-corrected chi connectivity index (χ3v) is 8.48. The summed E-state index contributed by atoms with van der Waals surface area (Å²) in [6.45, 7) is 1.41. The highest BCUT2D eigenvalue weighted by Crippen LogP contribution is 2.43. The summed E-state index contributed by atoms with van der Waals surface area (Å²) in [6, 6.07) is 31.5. The molecule has 0 bridgehead atoms. The lowest BCUT2D eigenvalue weighted by atomic mass is 9.72. The Hall–Kier alpha value is -3.15. The first-order chi connectivity index (χ1) is 18.1. The quantitative estimate of drug-likeness (QED) is 0.382. The second-order valence-electron chi connectivity index (χ2n) is 10.6. The number of hydrogen-bond donors (Lipinski definition) is 2. The van der Waals surface area contributed by atoms with Gasteiger partial charge in [0, 0.05) is 6.54 Å². The van der Waals surface area contributed by atoms with Crippen molar-refractivity contribution in [3.05, 3.63) is 108 Å². The molecule has 3 aromatic rings. The van der Waals surface area contributed by atoms with Gasteiger partial charge in [0.1, 0.15) is 5.60 Å². The molecule has 0 spiro atoms. The zero-order chi connectivity index (χ0) is 25.7. The Kier molecular flexibility index (Phi) is 7.92. The van der Waals surface area contributed by atoms with Gasteiger partial charge in [-0.3, -0.25) is 0 Å². The van der Waals surface area contributed by atoms with E-state index in [9.17, 15) is 15.0 Å². The molecule has 1 aliphatic heterocycles. The van der Waals surface area contributed by atoms with E-state index in [-0.39, 0.29) is 12.5 Å². The van der Waals surface area contributed by atoms with E-state index in [1.165, 1.54) is 4.90 Å². The van der Waals surface area contributed by atoms with Crippen molar-refractivity contribution in [2.45, 2.75) is 43.8 Å². The normalized spacial score (nSPS) is 24.5. The van der Waals surface area contributed by atoms with Crippen LogP contribution in [0.25, 0.3) is 0 Å². The van der Waals surface area contributed by atoms with Crippen molar-refractivity contribution in [3.8, 4) is 0 Å². The Morgan fingerprint density at radius 3 is 1.70 bits per heavy atom. The van der Waals surface area contributed by atoms with E-state index in [0.717, 1.165) is 48.8 Å². The van der Waals surface area contributed by atoms with E-state index in [2.05, 4.69) is 72.8 Å². The van der Waals surface area contributed by atoms with E-state index in [4.69, 9.17) is 4.74 Å². The summed E-state index contributed by atoms with van der Waals surface area (Å²) in [7, 11) is 0. The van der Waals surface area contributed by atoms with E-state index >= 15 is 0 Å². The molecule has 0 aromatic heterocycles. The van der Waals surface area contributed by atoms with E-state index in [0.29, 0.717) is 25.0 Å². The number of rotatable bonds is 7. The lowest BCUT2D eigenvalue weighted by Gasteiger charge is -2.42. The average Bonchev–Trinajstić information content (AvgIpc) is 2.95. The third kappa shape index (κ3) is 5.43. The van der Waals surface area contributed by atoms with Crippen LogP contribution in [0.3, 0.4) is 0 Å². The highest BCUT2D eigenvalue weighted by molar-refractivity contribution is 5.65. The van der Waals surface area contributed by atoms with Crippen molar-refractivity contribution in [1.29, 1.82) is 0 Å². The van der Waals surface area contributed by atoms with Gasteiger partial charge < -0.3 is 19.8 Å². The molecule has 1 saturated carbocycles. The van der Waals surface area contributed by atoms with Gasteiger partial charge in [0.05, 0.1) is 19.3 Å². The summed E-state index contributed by atoms with van der Waals surface area (Å²) >= 11 is 0. The van der Waals surface area contributed by atoms with Gasteiger partial charge in [-0.05, 0) is 66.5 Å². The number of piperidine rings is 1. The maximum Gasteiger partial charge on any atom is 0.407 e. The average molecular weight is 500 g/mol. The smallest absolute Gasteiger partial charge is 0.407 e. The fourth-order valence-electron chi connectivity index (χ4n) is 6.47. The first-order valence-electron chi connectivity index (χ1n) is 13.5. The molecule has 1 amide bonds. The predicted molar refractivity (Wildman–Crippen MR) is 144 cm³/mol. The number of benzene rings is 3. The van der Waals surface area contributed by atoms with Crippen LogP contribution >= 0.6 is 0 Å². The molecule has 2 fully saturated rings. The zero-order valence-electron chi connectivity index (χ0n) is 21.3. The highest BCUT2D eigenvalue weighted by atomic mass is 16.5. The van der Waals surface area contributed by atoms with Gasteiger partial charge in [-0.1, -0.05) is 91.0 Å². The largest absolute Gasteiger partial charge is 0.465 e. The van der Waals surface area contributed by atoms with Gasteiger partial charge in [0.2, 0.25) is 0 Å². The molecular formula is C32H37NO4. The number of likely N-dealkylation sites (tertiary alicyclic amines) is 1. The van der Waals surface area contributed by atoms with Crippen LogP contribution in [0, 0.1) is 17.8 Å².